The number of rotatable bonds is 6. The molecule has 11 nitrogen and oxygen atoms in total. The van der Waals surface area contributed by atoms with Gasteiger partial charge in [0.15, 0.2) is 17.3 Å². The van der Waals surface area contributed by atoms with Crippen molar-refractivity contribution in [2.24, 2.45) is 17.3 Å². The van der Waals surface area contributed by atoms with Gasteiger partial charge in [0.1, 0.15) is 24.4 Å². The van der Waals surface area contributed by atoms with Gasteiger partial charge in [-0.25, -0.2) is 4.79 Å². The number of carbonyl (C=O) groups excluding carboxylic acids is 5. The van der Waals surface area contributed by atoms with E-state index in [1.807, 2.05) is 13.8 Å². The molecule has 3 fully saturated rings. The molecular formula is C30H40O11. The Balaban J connectivity index is 2.00. The van der Waals surface area contributed by atoms with E-state index in [-0.39, 0.29) is 12.8 Å². The van der Waals surface area contributed by atoms with Gasteiger partial charge in [0, 0.05) is 45.4 Å². The van der Waals surface area contributed by atoms with Crippen molar-refractivity contribution in [3.05, 3.63) is 23.8 Å². The zero-order chi connectivity index (χ0) is 30.5. The Bertz CT molecular complexity index is 1190. The van der Waals surface area contributed by atoms with Gasteiger partial charge in [0.05, 0.1) is 5.41 Å². The van der Waals surface area contributed by atoms with Crippen molar-refractivity contribution in [2.75, 3.05) is 0 Å². The highest BCUT2D eigenvalue weighted by Gasteiger charge is 2.87. The molecule has 0 aromatic heterocycles. The number of epoxide rings is 1. The molecule has 2 aliphatic carbocycles. The highest BCUT2D eigenvalue weighted by Crippen LogP contribution is 2.65. The lowest BCUT2D eigenvalue weighted by molar-refractivity contribution is -0.228. The fourth-order valence-electron chi connectivity index (χ4n) is 7.13. The molecule has 1 saturated carbocycles. The Morgan fingerprint density at radius 2 is 1.63 bits per heavy atom. The largest absolute Gasteiger partial charge is 0.462 e. The smallest absolute Gasteiger partial charge is 0.342 e. The third kappa shape index (κ3) is 5.06. The van der Waals surface area contributed by atoms with E-state index in [2.05, 4.69) is 0 Å². The summed E-state index contributed by atoms with van der Waals surface area (Å²) in [6.45, 7) is 12.7. The molecule has 0 bridgehead atoms. The Morgan fingerprint density at radius 3 is 2.20 bits per heavy atom. The van der Waals surface area contributed by atoms with Crippen LogP contribution in [0.2, 0.25) is 0 Å². The summed E-state index contributed by atoms with van der Waals surface area (Å²) in [5.41, 5.74) is -3.42. The predicted molar refractivity (Wildman–Crippen MR) is 142 cm³/mol. The van der Waals surface area contributed by atoms with Crippen molar-refractivity contribution in [1.29, 1.82) is 0 Å². The molecule has 2 aliphatic heterocycles. The number of hydrogen-bond acceptors (Lipinski definition) is 11. The zero-order valence-electron chi connectivity index (χ0n) is 24.9. The van der Waals surface area contributed by atoms with E-state index in [4.69, 9.17) is 28.4 Å². The van der Waals surface area contributed by atoms with Gasteiger partial charge in [0.25, 0.3) is 0 Å². The first-order chi connectivity index (χ1) is 19.1. The molecule has 41 heavy (non-hydrogen) atoms. The Morgan fingerprint density at radius 1 is 1.00 bits per heavy atom. The maximum Gasteiger partial charge on any atom is 0.342 e. The van der Waals surface area contributed by atoms with E-state index in [1.54, 1.807) is 39.0 Å². The highest BCUT2D eigenvalue weighted by atomic mass is 16.7. The van der Waals surface area contributed by atoms with Crippen molar-refractivity contribution < 1.29 is 52.4 Å². The summed E-state index contributed by atoms with van der Waals surface area (Å²) >= 11 is 0. The number of hydrogen-bond donors (Lipinski definition) is 0. The van der Waals surface area contributed by atoms with Gasteiger partial charge in [-0.1, -0.05) is 32.4 Å². The maximum absolute atomic E-state index is 13.1. The summed E-state index contributed by atoms with van der Waals surface area (Å²) in [6.07, 6.45) is 1.29. The van der Waals surface area contributed by atoms with Crippen LogP contribution in [0.15, 0.2) is 23.8 Å². The maximum atomic E-state index is 13.1. The van der Waals surface area contributed by atoms with Crippen LogP contribution in [0.4, 0.5) is 0 Å². The van der Waals surface area contributed by atoms with Crippen LogP contribution in [0.3, 0.4) is 0 Å². The molecule has 0 aromatic carbocycles. The zero-order valence-corrected chi connectivity index (χ0v) is 24.9. The molecule has 0 amide bonds. The highest BCUT2D eigenvalue weighted by molar-refractivity contribution is 5.89. The second kappa shape index (κ2) is 10.9. The van der Waals surface area contributed by atoms with E-state index in [1.165, 1.54) is 20.8 Å². The summed E-state index contributed by atoms with van der Waals surface area (Å²) in [7, 11) is 0. The minimum absolute atomic E-state index is 0.112. The van der Waals surface area contributed by atoms with Gasteiger partial charge in [-0.05, 0) is 32.4 Å². The molecule has 0 unspecified atom stereocenters. The first-order valence-corrected chi connectivity index (χ1v) is 14.1. The quantitative estimate of drug-likeness (QED) is 0.261. The fourth-order valence-corrected chi connectivity index (χ4v) is 7.13. The van der Waals surface area contributed by atoms with Gasteiger partial charge >= 0.3 is 29.8 Å². The van der Waals surface area contributed by atoms with Gasteiger partial charge in [-0.2, -0.15) is 0 Å². The van der Waals surface area contributed by atoms with Crippen LogP contribution in [0.25, 0.3) is 0 Å². The first-order valence-electron chi connectivity index (χ1n) is 14.1. The summed E-state index contributed by atoms with van der Waals surface area (Å²) in [5.74, 6) is -4.17. The number of esters is 5. The van der Waals surface area contributed by atoms with Crippen LogP contribution in [-0.2, 0) is 52.4 Å². The van der Waals surface area contributed by atoms with Gasteiger partial charge in [-0.15, -0.1) is 0 Å². The van der Waals surface area contributed by atoms with Crippen molar-refractivity contribution in [3.63, 3.8) is 0 Å². The standard InChI is InChI=1S/C30H40O11/c1-9-10-24(34)39-20-14-22(37-18(5)32)28(7)21(36-17(4)31)12-11-15(2)13-23-30(29(8,41-30)27(35)40-23)26(38-19(6)33)25(28)16(20)3/h11-13,16,20-23,25-26H,9-10,14H2,1-8H3/b12-11+,15-13-/t16-,20-,21-,22-,23-,25+,26+,28-,29-,30-/m0/s1. The normalized spacial score (nSPS) is 43.0. The van der Waals surface area contributed by atoms with E-state index in [0.29, 0.717) is 12.0 Å². The molecule has 2 saturated heterocycles. The summed E-state index contributed by atoms with van der Waals surface area (Å²) in [4.78, 5) is 63.5. The van der Waals surface area contributed by atoms with E-state index in [0.717, 1.165) is 0 Å². The van der Waals surface area contributed by atoms with Crippen LogP contribution in [0, 0.1) is 17.3 Å². The average Bonchev–Trinajstić information content (AvgIpc) is 3.44. The molecule has 0 N–H and O–H groups in total. The topological polar surface area (TPSA) is 144 Å². The van der Waals surface area contributed by atoms with Crippen LogP contribution >= 0.6 is 0 Å². The number of allylic oxidation sites excluding steroid dienone is 2. The molecule has 2 heterocycles. The van der Waals surface area contributed by atoms with E-state index < -0.39 is 88.8 Å². The third-order valence-corrected chi connectivity index (χ3v) is 9.08. The van der Waals surface area contributed by atoms with Gasteiger partial charge in [-0.3, -0.25) is 19.2 Å². The Hall–Kier alpha value is -3.21. The van der Waals surface area contributed by atoms with Crippen molar-refractivity contribution >= 4 is 29.8 Å². The fraction of sp³-hybridized carbons (Fsp3) is 0.700. The van der Waals surface area contributed by atoms with Crippen molar-refractivity contribution in [1.82, 2.24) is 0 Å². The summed E-state index contributed by atoms with van der Waals surface area (Å²) in [5, 5.41) is 0. The SMILES string of the molecule is CCCC(=O)O[C@H]1C[C@H](OC(C)=O)[C@@]2(C)[C@H]([C@H]1C)[C@@H](OC(C)=O)[C@]13O[C@@]1(C)C(=O)O[C@H]3/C=C(C)\C=C\[C@@H]2OC(C)=O. The molecule has 1 spiro atoms. The lowest BCUT2D eigenvalue weighted by atomic mass is 9.53. The van der Waals surface area contributed by atoms with E-state index >= 15 is 0 Å². The predicted octanol–water partition coefficient (Wildman–Crippen LogP) is 3.12. The molecule has 0 radical (unpaired) electrons. The molecule has 4 rings (SSSR count). The molecule has 4 aliphatic rings. The number of ether oxygens (including phenoxy) is 6. The minimum atomic E-state index is -1.43. The lowest BCUT2D eigenvalue weighted by Gasteiger charge is -2.56. The molecule has 10 atom stereocenters. The summed E-state index contributed by atoms with van der Waals surface area (Å²) < 4.78 is 35.8. The monoisotopic (exact) mass is 576 g/mol. The number of carbonyl (C=O) groups is 5. The molecule has 0 aromatic rings. The second-order valence-electron chi connectivity index (χ2n) is 11.9. The third-order valence-electron chi connectivity index (χ3n) is 9.08. The van der Waals surface area contributed by atoms with Crippen molar-refractivity contribution in [3.8, 4) is 0 Å². The van der Waals surface area contributed by atoms with Crippen molar-refractivity contribution in [2.45, 2.75) is 116 Å². The molecular weight excluding hydrogens is 536 g/mol. The second-order valence-corrected chi connectivity index (χ2v) is 11.9. The lowest BCUT2D eigenvalue weighted by Crippen LogP contribution is -2.66. The van der Waals surface area contributed by atoms with Crippen LogP contribution in [0.5, 0.6) is 0 Å². The van der Waals surface area contributed by atoms with Gasteiger partial charge < -0.3 is 28.4 Å². The van der Waals surface area contributed by atoms with Crippen LogP contribution in [0.1, 0.15) is 74.7 Å². The molecule has 226 valence electrons. The summed E-state index contributed by atoms with van der Waals surface area (Å²) in [6, 6.07) is 0. The number of fused-ring (bicyclic) bond motifs is 1. The first kappa shape index (κ1) is 30.7. The van der Waals surface area contributed by atoms with Gasteiger partial charge in [0.2, 0.25) is 0 Å². The van der Waals surface area contributed by atoms with Crippen LogP contribution < -0.4 is 0 Å². The minimum Gasteiger partial charge on any atom is -0.462 e. The Kier molecular flexibility index (Phi) is 8.16. The Labute approximate surface area is 239 Å². The van der Waals surface area contributed by atoms with Crippen LogP contribution in [-0.4, -0.2) is 71.6 Å². The van der Waals surface area contributed by atoms with E-state index in [9.17, 15) is 24.0 Å². The molecule has 11 heteroatoms. The average molecular weight is 577 g/mol.